The minimum Gasteiger partial charge on any atom is -0.481 e. The predicted octanol–water partition coefficient (Wildman–Crippen LogP) is 15.1. The Hall–Kier alpha value is -9.88. The van der Waals surface area contributed by atoms with Crippen LogP contribution in [0.3, 0.4) is 0 Å². The predicted molar refractivity (Wildman–Crippen MR) is 388 cm³/mol. The molecule has 0 aliphatic rings. The van der Waals surface area contributed by atoms with Crippen LogP contribution in [-0.2, 0) is 51.9 Å². The van der Waals surface area contributed by atoms with E-state index in [2.05, 4.69) is 110 Å². The van der Waals surface area contributed by atoms with Crippen LogP contribution >= 0.6 is 0 Å². The second-order valence-corrected chi connectivity index (χ2v) is 26.1. The first-order valence-electron chi connectivity index (χ1n) is 35.8. The van der Waals surface area contributed by atoms with E-state index in [1.807, 2.05) is 20.8 Å². The van der Waals surface area contributed by atoms with E-state index in [-0.39, 0.29) is 46.9 Å². The van der Waals surface area contributed by atoms with Gasteiger partial charge in [0, 0.05) is 49.7 Å². The molecule has 7 heterocycles. The SMILES string of the molecule is CCCCN(Cc1ncncc1CCC)C(=O)c1cccc(F)n1.CCCc1c(CN(CCC(C)C)C(=O)c2cc(F)ccc2F)ncnc1OC.CCCc1c(CN(CCC(C)C)C(=O)c2cccc(F)n2)ncnc1OC.CCCc1cncnc1CN(CCC(C)C)C(=O)c1cccc(F)n1. The molecule has 0 saturated heterocycles. The summed E-state index contributed by atoms with van der Waals surface area (Å²) in [5.74, 6) is -2.54. The van der Waals surface area contributed by atoms with Crippen molar-refractivity contribution < 1.29 is 50.6 Å². The van der Waals surface area contributed by atoms with Crippen LogP contribution in [0, 0.1) is 47.2 Å². The first kappa shape index (κ1) is 84.8. The van der Waals surface area contributed by atoms with Crippen molar-refractivity contribution in [3.63, 3.8) is 0 Å². The van der Waals surface area contributed by atoms with Gasteiger partial charge in [-0.15, -0.1) is 0 Å². The number of carbonyl (C=O) groups excluding carboxylic acids is 4. The lowest BCUT2D eigenvalue weighted by Gasteiger charge is -2.25. The van der Waals surface area contributed by atoms with Crippen molar-refractivity contribution in [3.8, 4) is 11.8 Å². The molecule has 0 unspecified atom stereocenters. The standard InChI is InChI=1S/C21H27F2N3O2.C20H27FN4O2.C19H25FN4O.C18H23FN4O/c1-5-6-16-19(24-13-25-20(16)28-4)12-26(10-9-14(2)3)21(27)17-11-15(22)7-8-18(17)23;1-5-7-15-17(22-13-23-19(15)27-4)12-25(11-10-14(2)3)20(26)16-8-6-9-18(21)24-16;1-4-6-15-11-21-13-22-17(15)12-24(10-9-14(2)3)19(25)16-7-5-8-18(20)23-16;1-3-5-10-23(18(24)15-8-6-9-17(19)22-15)12-16-14(7-4-2)11-20-13-21-16/h7-8,11,13-14H,5-6,9-10,12H2,1-4H3;6,8-9,13-14H,5,7,10-12H2,1-4H3;5,7-8,11,13-14H,4,6,9-10,12H2,1-3H3;6,8-9,11,13H,3-5,7,10,12H2,1-2H3. The Labute approximate surface area is 609 Å². The highest BCUT2D eigenvalue weighted by Crippen LogP contribution is 2.26. The van der Waals surface area contributed by atoms with Crippen LogP contribution in [0.25, 0.3) is 0 Å². The van der Waals surface area contributed by atoms with Crippen molar-refractivity contribution in [2.24, 2.45) is 17.8 Å². The number of unbranched alkanes of at least 4 members (excludes halogenated alkanes) is 1. The number of halogens is 5. The van der Waals surface area contributed by atoms with Crippen molar-refractivity contribution in [2.45, 2.75) is 186 Å². The molecule has 0 radical (unpaired) electrons. The third-order valence-corrected chi connectivity index (χ3v) is 16.4. The van der Waals surface area contributed by atoms with Crippen molar-refractivity contribution in [2.75, 3.05) is 40.4 Å². The van der Waals surface area contributed by atoms with Crippen LogP contribution in [0.2, 0.25) is 0 Å². The number of amides is 4. The van der Waals surface area contributed by atoms with E-state index in [4.69, 9.17) is 9.47 Å². The zero-order valence-electron chi connectivity index (χ0n) is 62.5. The topological polar surface area (TPSA) is 241 Å². The highest BCUT2D eigenvalue weighted by Gasteiger charge is 2.27. The molecule has 0 aliphatic heterocycles. The average Bonchev–Trinajstić information content (AvgIpc) is 0.837. The molecule has 7 aromatic heterocycles. The van der Waals surface area contributed by atoms with E-state index in [0.717, 1.165) is 135 Å². The fraction of sp³-hybridized carbons (Fsp3) is 0.474. The molecule has 104 heavy (non-hydrogen) atoms. The molecule has 0 fully saturated rings. The second kappa shape index (κ2) is 45.3. The molecule has 21 nitrogen and oxygen atoms in total. The lowest BCUT2D eigenvalue weighted by atomic mass is 10.1. The summed E-state index contributed by atoms with van der Waals surface area (Å²) >= 11 is 0. The van der Waals surface area contributed by atoms with Crippen LogP contribution in [0.15, 0.2) is 110 Å². The Balaban J connectivity index is 0.000000250. The molecule has 1 aromatic carbocycles. The first-order chi connectivity index (χ1) is 50.0. The number of methoxy groups -OCH3 is 2. The third kappa shape index (κ3) is 27.7. The van der Waals surface area contributed by atoms with E-state index >= 15 is 0 Å². The first-order valence-corrected chi connectivity index (χ1v) is 35.8. The summed E-state index contributed by atoms with van der Waals surface area (Å²) in [6.07, 6.45) is 20.6. The molecule has 8 rings (SSSR count). The van der Waals surface area contributed by atoms with Gasteiger partial charge in [0.15, 0.2) is 0 Å². The zero-order chi connectivity index (χ0) is 76.1. The Morgan fingerprint density at radius 3 is 1.12 bits per heavy atom. The van der Waals surface area contributed by atoms with Gasteiger partial charge in [0.25, 0.3) is 23.6 Å². The molecule has 0 saturated carbocycles. The number of pyridine rings is 3. The van der Waals surface area contributed by atoms with Gasteiger partial charge in [-0.1, -0.05) is 126 Å². The van der Waals surface area contributed by atoms with Gasteiger partial charge in [0.2, 0.25) is 29.6 Å². The molecule has 0 aliphatic carbocycles. The van der Waals surface area contributed by atoms with Crippen LogP contribution in [-0.4, -0.2) is 138 Å². The molecular formula is C78H102F5N15O6. The monoisotopic (exact) mass is 1440 g/mol. The molecule has 4 amide bonds. The van der Waals surface area contributed by atoms with Crippen molar-refractivity contribution in [3.05, 3.63) is 208 Å². The van der Waals surface area contributed by atoms with Gasteiger partial charge in [0.05, 0.1) is 68.7 Å². The molecule has 26 heteroatoms. The number of carbonyl (C=O) groups is 4. The second-order valence-electron chi connectivity index (χ2n) is 26.1. The van der Waals surface area contributed by atoms with Gasteiger partial charge < -0.3 is 29.1 Å². The molecule has 0 atom stereocenters. The normalized spacial score (nSPS) is 10.9. The summed E-state index contributed by atoms with van der Waals surface area (Å²) in [6, 6.07) is 15.7. The molecule has 8 aromatic rings. The Morgan fingerprint density at radius 1 is 0.413 bits per heavy atom. The van der Waals surface area contributed by atoms with Crippen LogP contribution in [0.5, 0.6) is 11.8 Å². The Morgan fingerprint density at radius 2 is 0.769 bits per heavy atom. The average molecular weight is 1440 g/mol. The summed E-state index contributed by atoms with van der Waals surface area (Å²) in [5.41, 5.74) is 6.95. The highest BCUT2D eigenvalue weighted by molar-refractivity contribution is 5.95. The minimum absolute atomic E-state index is 0.0943. The lowest BCUT2D eigenvalue weighted by Crippen LogP contribution is -2.33. The number of ether oxygens (including phenoxy) is 2. The number of hydrogen-bond acceptors (Lipinski definition) is 17. The molecule has 560 valence electrons. The summed E-state index contributed by atoms with van der Waals surface area (Å²) in [4.78, 5) is 103. The van der Waals surface area contributed by atoms with Crippen molar-refractivity contribution in [1.29, 1.82) is 0 Å². The van der Waals surface area contributed by atoms with E-state index in [1.54, 1.807) is 40.3 Å². The van der Waals surface area contributed by atoms with E-state index in [1.165, 1.54) is 85.8 Å². The van der Waals surface area contributed by atoms with Crippen LogP contribution in [0.4, 0.5) is 22.0 Å². The fourth-order valence-corrected chi connectivity index (χ4v) is 10.7. The summed E-state index contributed by atoms with van der Waals surface area (Å²) in [5, 5.41) is 0. The zero-order valence-corrected chi connectivity index (χ0v) is 62.5. The minimum atomic E-state index is -0.741. The van der Waals surface area contributed by atoms with Crippen LogP contribution < -0.4 is 9.47 Å². The van der Waals surface area contributed by atoms with Crippen LogP contribution in [0.1, 0.15) is 221 Å². The van der Waals surface area contributed by atoms with Crippen molar-refractivity contribution >= 4 is 23.6 Å². The fourth-order valence-electron chi connectivity index (χ4n) is 10.7. The van der Waals surface area contributed by atoms with Gasteiger partial charge >= 0.3 is 0 Å². The summed E-state index contributed by atoms with van der Waals surface area (Å²) in [6.45, 7) is 26.2. The maximum Gasteiger partial charge on any atom is 0.272 e. The number of rotatable bonds is 34. The van der Waals surface area contributed by atoms with Gasteiger partial charge in [-0.05, 0) is 135 Å². The van der Waals surface area contributed by atoms with Crippen molar-refractivity contribution in [1.82, 2.24) is 74.4 Å². The molecular weight excluding hydrogens is 1340 g/mol. The summed E-state index contributed by atoms with van der Waals surface area (Å²) in [7, 11) is 3.11. The summed E-state index contributed by atoms with van der Waals surface area (Å²) < 4.78 is 78.7. The number of hydrogen-bond donors (Lipinski definition) is 0. The largest absolute Gasteiger partial charge is 0.481 e. The lowest BCUT2D eigenvalue weighted by molar-refractivity contribution is 0.0718. The van der Waals surface area contributed by atoms with Gasteiger partial charge in [-0.25, -0.2) is 63.6 Å². The highest BCUT2D eigenvalue weighted by atomic mass is 19.1. The maximum atomic E-state index is 14.2. The number of nitrogens with zero attached hydrogens (tertiary/aromatic N) is 15. The van der Waals surface area contributed by atoms with E-state index < -0.39 is 35.4 Å². The molecule has 0 spiro atoms. The quantitative estimate of drug-likeness (QED) is 0.0269. The van der Waals surface area contributed by atoms with E-state index in [9.17, 15) is 41.1 Å². The number of benzene rings is 1. The number of aromatic nitrogens is 11. The Bertz CT molecular complexity index is 3970. The van der Waals surface area contributed by atoms with Gasteiger partial charge in [-0.2, -0.15) is 13.2 Å². The third-order valence-electron chi connectivity index (χ3n) is 16.4. The van der Waals surface area contributed by atoms with Gasteiger partial charge in [0.1, 0.15) is 54.0 Å². The Kier molecular flexibility index (Phi) is 36.9. The molecule has 0 bridgehead atoms. The van der Waals surface area contributed by atoms with E-state index in [0.29, 0.717) is 87.4 Å². The number of aryl methyl sites for hydroxylation is 2. The molecule has 0 N–H and O–H groups in total. The maximum absolute atomic E-state index is 14.2. The van der Waals surface area contributed by atoms with Gasteiger partial charge in [-0.3, -0.25) is 19.2 Å². The smallest absolute Gasteiger partial charge is 0.272 e.